The monoisotopic (exact) mass is 514 g/mol. The molecule has 5 heteroatoms. The van der Waals surface area contributed by atoms with E-state index in [1.165, 1.54) is 0 Å². The third kappa shape index (κ3) is 5.57. The summed E-state index contributed by atoms with van der Waals surface area (Å²) in [6.07, 6.45) is 1.13. The van der Waals surface area contributed by atoms with Crippen molar-refractivity contribution in [3.63, 3.8) is 0 Å². The molecule has 0 atom stereocenters. The van der Waals surface area contributed by atoms with Gasteiger partial charge in [-0.1, -0.05) is 23.9 Å². The van der Waals surface area contributed by atoms with Gasteiger partial charge in [0, 0.05) is 22.6 Å². The second kappa shape index (κ2) is 10.4. The quantitative estimate of drug-likeness (QED) is 0.212. The second-order valence-electron chi connectivity index (χ2n) is 10.0. The predicted octanol–water partition coefficient (Wildman–Crippen LogP) is 7.69. The van der Waals surface area contributed by atoms with Gasteiger partial charge in [-0.2, -0.15) is 0 Å². The Morgan fingerprint density at radius 3 is 1.84 bits per heavy atom. The maximum absolute atomic E-state index is 10.8. The van der Waals surface area contributed by atoms with Crippen LogP contribution in [0.3, 0.4) is 0 Å². The summed E-state index contributed by atoms with van der Waals surface area (Å²) in [4.78, 5) is 1.99. The van der Waals surface area contributed by atoms with Crippen molar-refractivity contribution in [3.05, 3.63) is 104 Å². The maximum Gasteiger partial charge on any atom is 0.122 e. The van der Waals surface area contributed by atoms with Crippen LogP contribution in [-0.2, 0) is 12.8 Å². The summed E-state index contributed by atoms with van der Waals surface area (Å²) in [6.45, 7) is 11.5. The second-order valence-corrected chi connectivity index (χ2v) is 11.2. The van der Waals surface area contributed by atoms with Crippen molar-refractivity contribution in [3.8, 4) is 23.0 Å². The number of phenolic OH excluding ortho intramolecular Hbond substituents is 4. The van der Waals surface area contributed by atoms with Gasteiger partial charge in [0.25, 0.3) is 0 Å². The molecule has 4 aromatic rings. The molecule has 4 aromatic carbocycles. The fourth-order valence-corrected chi connectivity index (χ4v) is 5.76. The number of rotatable bonds is 6. The van der Waals surface area contributed by atoms with Crippen LogP contribution in [0, 0.1) is 41.5 Å². The van der Waals surface area contributed by atoms with E-state index >= 15 is 0 Å². The Bertz CT molecular complexity index is 1500. The third-order valence-corrected chi connectivity index (χ3v) is 8.18. The maximum atomic E-state index is 10.8. The van der Waals surface area contributed by atoms with Gasteiger partial charge in [0.1, 0.15) is 23.0 Å². The zero-order valence-corrected chi connectivity index (χ0v) is 23.0. The molecule has 0 heterocycles. The smallest absolute Gasteiger partial charge is 0.122 e. The Kier molecular flexibility index (Phi) is 7.47. The van der Waals surface area contributed by atoms with E-state index in [0.29, 0.717) is 18.6 Å². The molecule has 4 N–H and O–H groups in total. The van der Waals surface area contributed by atoms with Crippen LogP contribution in [-0.4, -0.2) is 20.4 Å². The lowest BCUT2D eigenvalue weighted by Gasteiger charge is -2.15. The minimum Gasteiger partial charge on any atom is -0.508 e. The number of phenols is 4. The first-order valence-corrected chi connectivity index (χ1v) is 13.2. The lowest BCUT2D eigenvalue weighted by Crippen LogP contribution is -1.97. The van der Waals surface area contributed by atoms with Crippen LogP contribution >= 0.6 is 11.8 Å². The Balaban J connectivity index is 1.63. The summed E-state index contributed by atoms with van der Waals surface area (Å²) in [5.74, 6) is 1.13. The molecule has 4 rings (SSSR count). The molecule has 0 spiro atoms. The highest BCUT2D eigenvalue weighted by Crippen LogP contribution is 2.38. The van der Waals surface area contributed by atoms with Crippen LogP contribution in [0.15, 0.2) is 58.3 Å². The van der Waals surface area contributed by atoms with E-state index in [4.69, 9.17) is 0 Å². The highest BCUT2D eigenvalue weighted by atomic mass is 32.2. The molecule has 0 unspecified atom stereocenters. The van der Waals surface area contributed by atoms with Crippen LogP contribution < -0.4 is 0 Å². The van der Waals surface area contributed by atoms with E-state index in [-0.39, 0.29) is 17.2 Å². The third-order valence-electron chi connectivity index (χ3n) is 7.22. The number of hydrogen-bond donors (Lipinski definition) is 4. The van der Waals surface area contributed by atoms with Gasteiger partial charge in [-0.15, -0.1) is 0 Å². The molecule has 0 aromatic heterocycles. The SMILES string of the molecule is Cc1cc(Cc2cc(Sc3ccc(O)c(Cc4cc(C)c(O)c(C)c4C)c3)cc(C)c2O)c(C)cc1O. The normalized spacial score (nSPS) is 11.2. The van der Waals surface area contributed by atoms with E-state index < -0.39 is 0 Å². The van der Waals surface area contributed by atoms with Crippen LogP contribution in [0.4, 0.5) is 0 Å². The molecule has 4 nitrogen and oxygen atoms in total. The molecule has 0 amide bonds. The zero-order valence-electron chi connectivity index (χ0n) is 22.2. The van der Waals surface area contributed by atoms with E-state index in [2.05, 4.69) is 0 Å². The Morgan fingerprint density at radius 2 is 1.11 bits per heavy atom. The number of benzene rings is 4. The number of hydrogen-bond acceptors (Lipinski definition) is 5. The highest BCUT2D eigenvalue weighted by Gasteiger charge is 2.15. The minimum atomic E-state index is 0.243. The topological polar surface area (TPSA) is 80.9 Å². The summed E-state index contributed by atoms with van der Waals surface area (Å²) in [5, 5.41) is 41.6. The molecule has 0 radical (unpaired) electrons. The van der Waals surface area contributed by atoms with Crippen molar-refractivity contribution in [1.29, 1.82) is 0 Å². The van der Waals surface area contributed by atoms with Crippen LogP contribution in [0.2, 0.25) is 0 Å². The summed E-state index contributed by atoms with van der Waals surface area (Å²) in [6, 6.07) is 15.3. The largest absolute Gasteiger partial charge is 0.508 e. The first-order valence-electron chi connectivity index (χ1n) is 12.3. The summed E-state index contributed by atoms with van der Waals surface area (Å²) in [7, 11) is 0. The lowest BCUT2D eigenvalue weighted by atomic mass is 9.94. The highest BCUT2D eigenvalue weighted by molar-refractivity contribution is 7.99. The summed E-state index contributed by atoms with van der Waals surface area (Å²) < 4.78 is 0. The van der Waals surface area contributed by atoms with Crippen LogP contribution in [0.5, 0.6) is 23.0 Å². The number of aryl methyl sites for hydroxylation is 4. The van der Waals surface area contributed by atoms with Crippen LogP contribution in [0.25, 0.3) is 0 Å². The van der Waals surface area contributed by atoms with Gasteiger partial charge in [0.05, 0.1) is 0 Å². The van der Waals surface area contributed by atoms with E-state index in [1.807, 2.05) is 77.9 Å². The standard InChI is InChI=1S/C32H34O4S/c1-17-12-30(34)18(2)9-23(17)13-26-16-28(11-20(4)32(26)36)37-27-7-8-29(33)25(15-27)14-24-10-19(3)31(35)22(6)21(24)5/h7-12,15-16,33-36H,13-14H2,1-6H3. The first-order chi connectivity index (χ1) is 17.4. The van der Waals surface area contributed by atoms with Crippen molar-refractivity contribution in [2.45, 2.75) is 64.2 Å². The first kappa shape index (κ1) is 26.5. The van der Waals surface area contributed by atoms with Crippen molar-refractivity contribution in [2.75, 3.05) is 0 Å². The van der Waals surface area contributed by atoms with E-state index in [1.54, 1.807) is 23.9 Å². The molecule has 0 aliphatic carbocycles. The Labute approximate surface area is 223 Å². The molecule has 0 aliphatic heterocycles. The zero-order chi connectivity index (χ0) is 27.0. The average molecular weight is 515 g/mol. The van der Waals surface area contributed by atoms with Gasteiger partial charge in [0.2, 0.25) is 0 Å². The molecule has 0 saturated heterocycles. The minimum absolute atomic E-state index is 0.243. The lowest BCUT2D eigenvalue weighted by molar-refractivity contribution is 0.464. The Hall–Kier alpha value is -3.57. The molecular weight excluding hydrogens is 480 g/mol. The molecule has 0 aliphatic rings. The average Bonchev–Trinajstić information content (AvgIpc) is 2.84. The van der Waals surface area contributed by atoms with Crippen LogP contribution in [0.1, 0.15) is 55.6 Å². The van der Waals surface area contributed by atoms with Crippen molar-refractivity contribution in [1.82, 2.24) is 0 Å². The van der Waals surface area contributed by atoms with Gasteiger partial charge < -0.3 is 20.4 Å². The molecular formula is C32H34O4S. The Morgan fingerprint density at radius 1 is 0.486 bits per heavy atom. The molecule has 0 bridgehead atoms. The molecule has 37 heavy (non-hydrogen) atoms. The van der Waals surface area contributed by atoms with E-state index in [0.717, 1.165) is 65.4 Å². The molecule has 0 fully saturated rings. The van der Waals surface area contributed by atoms with Crippen molar-refractivity contribution >= 4 is 11.8 Å². The molecule has 0 saturated carbocycles. The van der Waals surface area contributed by atoms with E-state index in [9.17, 15) is 20.4 Å². The van der Waals surface area contributed by atoms with Gasteiger partial charge >= 0.3 is 0 Å². The van der Waals surface area contributed by atoms with Gasteiger partial charge in [-0.05, 0) is 134 Å². The van der Waals surface area contributed by atoms with Crippen molar-refractivity contribution in [2.24, 2.45) is 0 Å². The van der Waals surface area contributed by atoms with Gasteiger partial charge in [-0.25, -0.2) is 0 Å². The number of aromatic hydroxyl groups is 4. The van der Waals surface area contributed by atoms with Gasteiger partial charge in [-0.3, -0.25) is 0 Å². The fourth-order valence-electron chi connectivity index (χ4n) is 4.71. The summed E-state index contributed by atoms with van der Waals surface area (Å²) >= 11 is 1.59. The van der Waals surface area contributed by atoms with Gasteiger partial charge in [0.15, 0.2) is 0 Å². The predicted molar refractivity (Wildman–Crippen MR) is 151 cm³/mol. The summed E-state index contributed by atoms with van der Waals surface area (Å²) in [5.41, 5.74) is 9.12. The fraction of sp³-hybridized carbons (Fsp3) is 0.250. The van der Waals surface area contributed by atoms with Crippen molar-refractivity contribution < 1.29 is 20.4 Å². The molecule has 192 valence electrons.